The van der Waals surface area contributed by atoms with Crippen molar-refractivity contribution >= 4 is 17.3 Å². The Labute approximate surface area is 102 Å². The summed E-state index contributed by atoms with van der Waals surface area (Å²) in [6.45, 7) is 2.03. The number of anilines is 1. The molecular formula is C13H18ClNO. The molecule has 0 aliphatic heterocycles. The average molecular weight is 240 g/mol. The lowest BCUT2D eigenvalue weighted by Crippen LogP contribution is -2.36. The number of hydrogen-bond acceptors (Lipinski definition) is 2. The first kappa shape index (κ1) is 11.7. The molecule has 1 aliphatic rings. The van der Waals surface area contributed by atoms with Crippen molar-refractivity contribution in [1.29, 1.82) is 0 Å². The molecule has 0 heterocycles. The smallest absolute Gasteiger partial charge is 0.0741 e. The van der Waals surface area contributed by atoms with Crippen molar-refractivity contribution < 1.29 is 5.11 Å². The third-order valence-corrected chi connectivity index (χ3v) is 3.49. The van der Waals surface area contributed by atoms with Gasteiger partial charge in [-0.2, -0.15) is 0 Å². The molecule has 2 nitrogen and oxygen atoms in total. The van der Waals surface area contributed by atoms with Crippen LogP contribution in [0.1, 0.15) is 31.2 Å². The number of halogens is 1. The Balaban J connectivity index is 2.07. The fourth-order valence-electron chi connectivity index (χ4n) is 2.27. The molecule has 2 rings (SSSR count). The summed E-state index contributed by atoms with van der Waals surface area (Å²) in [6.07, 6.45) is 4.07. The second-order valence-corrected chi connectivity index (χ2v) is 5.00. The van der Waals surface area contributed by atoms with E-state index in [1.807, 2.05) is 25.1 Å². The average Bonchev–Trinajstić information content (AvgIpc) is 2.25. The fraction of sp³-hybridized carbons (Fsp3) is 0.538. The van der Waals surface area contributed by atoms with Crippen molar-refractivity contribution in [3.8, 4) is 0 Å². The number of aryl methyl sites for hydroxylation is 1. The Morgan fingerprint density at radius 3 is 2.75 bits per heavy atom. The van der Waals surface area contributed by atoms with Gasteiger partial charge < -0.3 is 10.4 Å². The van der Waals surface area contributed by atoms with Gasteiger partial charge in [0.25, 0.3) is 0 Å². The number of nitrogens with one attached hydrogen (secondary N) is 1. The summed E-state index contributed by atoms with van der Waals surface area (Å²) in [6, 6.07) is 6.00. The van der Waals surface area contributed by atoms with Gasteiger partial charge in [0.1, 0.15) is 0 Å². The van der Waals surface area contributed by atoms with Crippen LogP contribution in [0.25, 0.3) is 0 Å². The molecular weight excluding hydrogens is 222 g/mol. The second kappa shape index (κ2) is 5.07. The summed E-state index contributed by atoms with van der Waals surface area (Å²) in [7, 11) is 0. The van der Waals surface area contributed by atoms with Crippen molar-refractivity contribution in [1.82, 2.24) is 0 Å². The van der Waals surface area contributed by atoms with Crippen molar-refractivity contribution in [2.24, 2.45) is 0 Å². The zero-order valence-corrected chi connectivity index (χ0v) is 10.3. The molecule has 0 amide bonds. The van der Waals surface area contributed by atoms with Crippen LogP contribution in [0.2, 0.25) is 5.02 Å². The second-order valence-electron chi connectivity index (χ2n) is 4.56. The summed E-state index contributed by atoms with van der Waals surface area (Å²) in [5.41, 5.74) is 2.21. The highest BCUT2D eigenvalue weighted by molar-refractivity contribution is 6.30. The van der Waals surface area contributed by atoms with Crippen LogP contribution in [0.4, 0.5) is 5.69 Å². The molecule has 1 saturated carbocycles. The molecule has 0 radical (unpaired) electrons. The van der Waals surface area contributed by atoms with E-state index in [-0.39, 0.29) is 12.1 Å². The van der Waals surface area contributed by atoms with E-state index in [0.717, 1.165) is 35.5 Å². The number of aliphatic hydroxyl groups is 1. The number of aliphatic hydroxyl groups excluding tert-OH is 1. The molecule has 0 spiro atoms. The maximum Gasteiger partial charge on any atom is 0.0741 e. The topological polar surface area (TPSA) is 32.3 Å². The minimum Gasteiger partial charge on any atom is -0.391 e. The minimum atomic E-state index is -0.219. The van der Waals surface area contributed by atoms with E-state index in [0.29, 0.717) is 0 Å². The van der Waals surface area contributed by atoms with Gasteiger partial charge in [-0.25, -0.2) is 0 Å². The van der Waals surface area contributed by atoms with Gasteiger partial charge in [-0.1, -0.05) is 24.4 Å². The molecule has 1 aromatic carbocycles. The Morgan fingerprint density at radius 1 is 1.31 bits per heavy atom. The summed E-state index contributed by atoms with van der Waals surface area (Å²) in [4.78, 5) is 0. The third kappa shape index (κ3) is 2.69. The van der Waals surface area contributed by atoms with E-state index in [9.17, 15) is 5.11 Å². The van der Waals surface area contributed by atoms with Crippen molar-refractivity contribution in [3.05, 3.63) is 28.8 Å². The highest BCUT2D eigenvalue weighted by Gasteiger charge is 2.22. The van der Waals surface area contributed by atoms with Crippen LogP contribution in [0.3, 0.4) is 0 Å². The van der Waals surface area contributed by atoms with E-state index in [1.165, 1.54) is 6.42 Å². The van der Waals surface area contributed by atoms with Gasteiger partial charge in [-0.3, -0.25) is 0 Å². The van der Waals surface area contributed by atoms with Gasteiger partial charge >= 0.3 is 0 Å². The Morgan fingerprint density at radius 2 is 2.06 bits per heavy atom. The molecule has 0 bridgehead atoms. The zero-order chi connectivity index (χ0) is 11.5. The molecule has 0 saturated heterocycles. The highest BCUT2D eigenvalue weighted by Crippen LogP contribution is 2.25. The van der Waals surface area contributed by atoms with E-state index in [2.05, 4.69) is 5.32 Å². The molecule has 2 atom stereocenters. The molecule has 1 fully saturated rings. The van der Waals surface area contributed by atoms with Gasteiger partial charge in [0.05, 0.1) is 12.1 Å². The lowest BCUT2D eigenvalue weighted by Gasteiger charge is -2.29. The van der Waals surface area contributed by atoms with Crippen molar-refractivity contribution in [2.75, 3.05) is 5.32 Å². The normalized spacial score (nSPS) is 25.4. The van der Waals surface area contributed by atoms with Crippen LogP contribution in [0, 0.1) is 6.92 Å². The predicted octanol–water partition coefficient (Wildman–Crippen LogP) is 3.36. The summed E-state index contributed by atoms with van der Waals surface area (Å²) in [5, 5.41) is 14.1. The van der Waals surface area contributed by atoms with Gasteiger partial charge in [0, 0.05) is 10.7 Å². The molecule has 88 valence electrons. The van der Waals surface area contributed by atoms with E-state index < -0.39 is 0 Å². The quantitative estimate of drug-likeness (QED) is 0.830. The van der Waals surface area contributed by atoms with Crippen LogP contribution >= 0.6 is 11.6 Å². The number of benzene rings is 1. The van der Waals surface area contributed by atoms with Gasteiger partial charge in [-0.15, -0.1) is 0 Å². The fourth-order valence-corrected chi connectivity index (χ4v) is 2.50. The first-order valence-corrected chi connectivity index (χ1v) is 6.25. The standard InChI is InChI=1S/C13H18ClNO/c1-9-8-10(14)6-7-11(9)15-12-4-2-3-5-13(12)16/h6-8,12-13,15-16H,2-5H2,1H3. The Kier molecular flexibility index (Phi) is 3.72. The molecule has 0 aromatic heterocycles. The van der Waals surface area contributed by atoms with Crippen LogP contribution < -0.4 is 5.32 Å². The number of hydrogen-bond donors (Lipinski definition) is 2. The maximum absolute atomic E-state index is 9.89. The largest absolute Gasteiger partial charge is 0.391 e. The lowest BCUT2D eigenvalue weighted by atomic mass is 9.92. The predicted molar refractivity (Wildman–Crippen MR) is 68.1 cm³/mol. The Hall–Kier alpha value is -0.730. The Bertz CT molecular complexity index is 367. The van der Waals surface area contributed by atoms with E-state index in [1.54, 1.807) is 0 Å². The molecule has 1 aliphatic carbocycles. The lowest BCUT2D eigenvalue weighted by molar-refractivity contribution is 0.116. The summed E-state index contributed by atoms with van der Waals surface area (Å²) in [5.74, 6) is 0. The SMILES string of the molecule is Cc1cc(Cl)ccc1NC1CCCCC1O. The molecule has 2 N–H and O–H groups in total. The first-order valence-electron chi connectivity index (χ1n) is 5.87. The van der Waals surface area contributed by atoms with Crippen LogP contribution in [0.15, 0.2) is 18.2 Å². The van der Waals surface area contributed by atoms with Crippen LogP contribution in [-0.2, 0) is 0 Å². The molecule has 1 aromatic rings. The maximum atomic E-state index is 9.89. The molecule has 16 heavy (non-hydrogen) atoms. The summed E-state index contributed by atoms with van der Waals surface area (Å²) >= 11 is 5.91. The first-order chi connectivity index (χ1) is 7.66. The van der Waals surface area contributed by atoms with Crippen molar-refractivity contribution in [3.63, 3.8) is 0 Å². The van der Waals surface area contributed by atoms with Gasteiger partial charge in [0.2, 0.25) is 0 Å². The molecule has 2 unspecified atom stereocenters. The van der Waals surface area contributed by atoms with Gasteiger partial charge in [0.15, 0.2) is 0 Å². The third-order valence-electron chi connectivity index (χ3n) is 3.26. The number of rotatable bonds is 2. The summed E-state index contributed by atoms with van der Waals surface area (Å²) < 4.78 is 0. The molecule has 3 heteroatoms. The van der Waals surface area contributed by atoms with Crippen molar-refractivity contribution in [2.45, 2.75) is 44.8 Å². The highest BCUT2D eigenvalue weighted by atomic mass is 35.5. The zero-order valence-electron chi connectivity index (χ0n) is 9.54. The van der Waals surface area contributed by atoms with E-state index >= 15 is 0 Å². The van der Waals surface area contributed by atoms with Gasteiger partial charge in [-0.05, 0) is 43.5 Å². The van der Waals surface area contributed by atoms with Crippen LogP contribution in [0.5, 0.6) is 0 Å². The monoisotopic (exact) mass is 239 g/mol. The van der Waals surface area contributed by atoms with Crippen LogP contribution in [-0.4, -0.2) is 17.3 Å². The minimum absolute atomic E-state index is 0.189. The van der Waals surface area contributed by atoms with E-state index in [4.69, 9.17) is 11.6 Å².